The number of hydrogen-bond acceptors (Lipinski definition) is 5. The molecule has 0 bridgehead atoms. The van der Waals surface area contributed by atoms with E-state index in [0.717, 1.165) is 73.7 Å². The van der Waals surface area contributed by atoms with Gasteiger partial charge in [-0.15, -0.1) is 0 Å². The van der Waals surface area contributed by atoms with E-state index in [1.807, 2.05) is 23.5 Å². The SMILES string of the molecule is O=CN1CCC(c2ccnc3cnc4[nH]ccc4c23)CC1N1CCCC(COc2ccc(F)cc2)C1. The minimum Gasteiger partial charge on any atom is -0.493 e. The lowest BCUT2D eigenvalue weighted by Crippen LogP contribution is -2.55. The van der Waals surface area contributed by atoms with E-state index in [2.05, 4.69) is 32.0 Å². The number of nitrogens with zero attached hydrogens (tertiary/aromatic N) is 4. The fourth-order valence-corrected chi connectivity index (χ4v) is 5.99. The van der Waals surface area contributed by atoms with Gasteiger partial charge >= 0.3 is 0 Å². The maximum atomic E-state index is 13.2. The summed E-state index contributed by atoms with van der Waals surface area (Å²) in [5.41, 5.74) is 3.07. The highest BCUT2D eigenvalue weighted by atomic mass is 19.1. The van der Waals surface area contributed by atoms with Crippen LogP contribution in [0.4, 0.5) is 4.39 Å². The van der Waals surface area contributed by atoms with Crippen molar-refractivity contribution in [2.75, 3.05) is 26.2 Å². The van der Waals surface area contributed by atoms with Crippen LogP contribution in [0.5, 0.6) is 5.75 Å². The number of nitrogens with one attached hydrogen (secondary N) is 1. The smallest absolute Gasteiger partial charge is 0.210 e. The van der Waals surface area contributed by atoms with Gasteiger partial charge in [-0.3, -0.25) is 14.7 Å². The van der Waals surface area contributed by atoms with Gasteiger partial charge in [-0.25, -0.2) is 9.37 Å². The Morgan fingerprint density at radius 1 is 1.11 bits per heavy atom. The molecule has 8 heteroatoms. The van der Waals surface area contributed by atoms with Gasteiger partial charge in [0.05, 0.1) is 24.5 Å². The molecule has 2 saturated heterocycles. The number of pyridine rings is 2. The molecule has 0 saturated carbocycles. The summed E-state index contributed by atoms with van der Waals surface area (Å²) >= 11 is 0. The van der Waals surface area contributed by atoms with Crippen LogP contribution in [-0.2, 0) is 4.79 Å². The number of benzene rings is 1. The predicted octanol–water partition coefficient (Wildman–Crippen LogP) is 4.70. The van der Waals surface area contributed by atoms with Crippen molar-refractivity contribution in [1.29, 1.82) is 0 Å². The summed E-state index contributed by atoms with van der Waals surface area (Å²) in [6.07, 6.45) is 10.7. The molecule has 0 spiro atoms. The Balaban J connectivity index is 1.21. The molecule has 2 aliphatic heterocycles. The fraction of sp³-hybridized carbons (Fsp3) is 0.393. The van der Waals surface area contributed by atoms with Gasteiger partial charge in [0.15, 0.2) is 0 Å². The molecule has 2 aliphatic rings. The van der Waals surface area contributed by atoms with E-state index in [9.17, 15) is 9.18 Å². The Labute approximate surface area is 209 Å². The van der Waals surface area contributed by atoms with Crippen molar-refractivity contribution in [3.63, 3.8) is 0 Å². The molecule has 3 unspecified atom stereocenters. The average Bonchev–Trinajstić information content (AvgIpc) is 3.42. The Bertz CT molecular complexity index is 1360. The highest BCUT2D eigenvalue weighted by molar-refractivity contribution is 6.05. The lowest BCUT2D eigenvalue weighted by atomic mass is 9.84. The first-order valence-electron chi connectivity index (χ1n) is 12.7. The first kappa shape index (κ1) is 22.9. The summed E-state index contributed by atoms with van der Waals surface area (Å²) in [6.45, 7) is 3.17. The van der Waals surface area contributed by atoms with Gasteiger partial charge in [0.2, 0.25) is 6.41 Å². The molecule has 5 heterocycles. The molecule has 4 aromatic rings. The third kappa shape index (κ3) is 4.41. The standard InChI is InChI=1S/C28H30FN5O2/c29-21-3-5-22(6-4-21)36-17-19-2-1-12-33(16-19)26-14-20(9-13-34(26)18-35)23-7-10-30-25-15-32-28-24(27(23)25)8-11-31-28/h3-8,10-11,15,18-20,26H,1-2,9,12-14,16-17H2,(H,31,32). The van der Waals surface area contributed by atoms with Crippen molar-refractivity contribution in [2.45, 2.75) is 37.8 Å². The largest absolute Gasteiger partial charge is 0.493 e. The van der Waals surface area contributed by atoms with Crippen LogP contribution in [0.3, 0.4) is 0 Å². The zero-order valence-electron chi connectivity index (χ0n) is 20.1. The summed E-state index contributed by atoms with van der Waals surface area (Å²) in [7, 11) is 0. The van der Waals surface area contributed by atoms with E-state index in [4.69, 9.17) is 4.74 Å². The molecule has 6 rings (SSSR count). The summed E-state index contributed by atoms with van der Waals surface area (Å²) < 4.78 is 19.2. The number of fused-ring (bicyclic) bond motifs is 3. The highest BCUT2D eigenvalue weighted by Crippen LogP contribution is 2.38. The Morgan fingerprint density at radius 2 is 2.00 bits per heavy atom. The molecule has 36 heavy (non-hydrogen) atoms. The van der Waals surface area contributed by atoms with E-state index >= 15 is 0 Å². The van der Waals surface area contributed by atoms with Crippen LogP contribution in [0.25, 0.3) is 21.9 Å². The number of aromatic amines is 1. The maximum Gasteiger partial charge on any atom is 0.210 e. The lowest BCUT2D eigenvalue weighted by Gasteiger charge is -2.46. The number of aromatic nitrogens is 3. The second kappa shape index (κ2) is 9.85. The number of rotatable bonds is 6. The van der Waals surface area contributed by atoms with Crippen molar-refractivity contribution < 1.29 is 13.9 Å². The molecule has 0 aliphatic carbocycles. The molecule has 2 fully saturated rings. The highest BCUT2D eigenvalue weighted by Gasteiger charge is 2.35. The van der Waals surface area contributed by atoms with Crippen LogP contribution < -0.4 is 4.74 Å². The van der Waals surface area contributed by atoms with Gasteiger partial charge in [-0.2, -0.15) is 0 Å². The van der Waals surface area contributed by atoms with Gasteiger partial charge in [0.1, 0.15) is 17.2 Å². The van der Waals surface area contributed by atoms with E-state index in [1.165, 1.54) is 17.7 Å². The summed E-state index contributed by atoms with van der Waals surface area (Å²) in [5.74, 6) is 1.12. The van der Waals surface area contributed by atoms with E-state index in [0.29, 0.717) is 24.2 Å². The maximum absolute atomic E-state index is 13.2. The number of carbonyl (C=O) groups excluding carboxylic acids is 1. The zero-order valence-corrected chi connectivity index (χ0v) is 20.1. The zero-order chi connectivity index (χ0) is 24.5. The first-order valence-corrected chi connectivity index (χ1v) is 12.7. The van der Waals surface area contributed by atoms with Crippen LogP contribution in [0, 0.1) is 11.7 Å². The fourth-order valence-electron chi connectivity index (χ4n) is 5.99. The number of halogens is 1. The van der Waals surface area contributed by atoms with Crippen LogP contribution >= 0.6 is 0 Å². The minimum atomic E-state index is -0.262. The molecule has 0 radical (unpaired) electrons. The number of hydrogen-bond donors (Lipinski definition) is 1. The quantitative estimate of drug-likeness (QED) is 0.399. The van der Waals surface area contributed by atoms with Gasteiger partial charge in [0, 0.05) is 48.7 Å². The van der Waals surface area contributed by atoms with E-state index in [1.54, 1.807) is 12.1 Å². The van der Waals surface area contributed by atoms with Gasteiger partial charge in [0.25, 0.3) is 0 Å². The number of likely N-dealkylation sites (tertiary alicyclic amines) is 2. The van der Waals surface area contributed by atoms with Crippen LogP contribution in [-0.4, -0.2) is 63.6 Å². The Kier molecular flexibility index (Phi) is 6.27. The van der Waals surface area contributed by atoms with Crippen molar-refractivity contribution in [1.82, 2.24) is 24.8 Å². The van der Waals surface area contributed by atoms with Crippen molar-refractivity contribution in [2.24, 2.45) is 5.92 Å². The van der Waals surface area contributed by atoms with Gasteiger partial charge in [-0.05, 0) is 73.6 Å². The van der Waals surface area contributed by atoms with Crippen molar-refractivity contribution >= 4 is 28.3 Å². The molecule has 1 aromatic carbocycles. The number of carbonyl (C=O) groups is 1. The third-order valence-electron chi connectivity index (χ3n) is 7.78. The monoisotopic (exact) mass is 487 g/mol. The van der Waals surface area contributed by atoms with Crippen LogP contribution in [0.15, 0.2) is 55.0 Å². The minimum absolute atomic E-state index is 0.0571. The van der Waals surface area contributed by atoms with Crippen LogP contribution in [0.1, 0.15) is 37.2 Å². The molecule has 7 nitrogen and oxygen atoms in total. The molecule has 3 aromatic heterocycles. The second-order valence-corrected chi connectivity index (χ2v) is 9.97. The molecule has 3 atom stereocenters. The lowest BCUT2D eigenvalue weighted by molar-refractivity contribution is -0.128. The predicted molar refractivity (Wildman–Crippen MR) is 136 cm³/mol. The van der Waals surface area contributed by atoms with Crippen LogP contribution in [0.2, 0.25) is 0 Å². The number of amides is 1. The topological polar surface area (TPSA) is 74.4 Å². The van der Waals surface area contributed by atoms with Gasteiger partial charge in [-0.1, -0.05) is 0 Å². The molecular weight excluding hydrogens is 457 g/mol. The Morgan fingerprint density at radius 3 is 2.86 bits per heavy atom. The summed E-state index contributed by atoms with van der Waals surface area (Å²) in [6, 6.07) is 10.4. The molecule has 186 valence electrons. The number of ether oxygens (including phenoxy) is 1. The van der Waals surface area contributed by atoms with Crippen molar-refractivity contribution in [3.8, 4) is 5.75 Å². The number of piperidine rings is 2. The van der Waals surface area contributed by atoms with E-state index < -0.39 is 0 Å². The third-order valence-corrected chi connectivity index (χ3v) is 7.78. The molecule has 1 N–H and O–H groups in total. The number of H-pyrrole nitrogens is 1. The second-order valence-electron chi connectivity index (χ2n) is 9.97. The van der Waals surface area contributed by atoms with E-state index in [-0.39, 0.29) is 12.0 Å². The first-order chi connectivity index (χ1) is 17.7. The average molecular weight is 488 g/mol. The normalized spacial score (nSPS) is 23.2. The molecule has 1 amide bonds. The van der Waals surface area contributed by atoms with Gasteiger partial charge < -0.3 is 14.6 Å². The van der Waals surface area contributed by atoms with Crippen molar-refractivity contribution in [3.05, 3.63) is 66.4 Å². The summed E-state index contributed by atoms with van der Waals surface area (Å²) in [5, 5.41) is 2.26. The molecular formula is C28H30FN5O2. The Hall–Kier alpha value is -3.52. The summed E-state index contributed by atoms with van der Waals surface area (Å²) in [4.78, 5) is 28.8.